The lowest BCUT2D eigenvalue weighted by Gasteiger charge is -2.32. The molecule has 1 fully saturated rings. The SMILES string of the molecule is COC(=O)C1CCN(c2nc(-c3ccccc3)nc3[nH]c(C)cc23)CC1. The normalized spacial score (nSPS) is 15.4. The maximum absolute atomic E-state index is 11.8. The molecule has 6 heteroatoms. The minimum absolute atomic E-state index is 0.0184. The third-order valence-corrected chi connectivity index (χ3v) is 4.96. The van der Waals surface area contributed by atoms with Crippen LogP contribution in [0.1, 0.15) is 18.5 Å². The summed E-state index contributed by atoms with van der Waals surface area (Å²) < 4.78 is 4.89. The first-order valence-electron chi connectivity index (χ1n) is 8.91. The Morgan fingerprint density at radius 2 is 1.92 bits per heavy atom. The van der Waals surface area contributed by atoms with Gasteiger partial charge in [0.05, 0.1) is 18.4 Å². The summed E-state index contributed by atoms with van der Waals surface area (Å²) >= 11 is 0. The molecule has 1 aliphatic rings. The number of carbonyl (C=O) groups excluding carboxylic acids is 1. The molecule has 0 atom stereocenters. The quantitative estimate of drug-likeness (QED) is 0.734. The Morgan fingerprint density at radius 1 is 1.19 bits per heavy atom. The summed E-state index contributed by atoms with van der Waals surface area (Å²) in [7, 11) is 1.46. The van der Waals surface area contributed by atoms with E-state index in [0.717, 1.165) is 54.0 Å². The van der Waals surface area contributed by atoms with Gasteiger partial charge < -0.3 is 14.6 Å². The highest BCUT2D eigenvalue weighted by Gasteiger charge is 2.27. The van der Waals surface area contributed by atoms with Gasteiger partial charge in [0.25, 0.3) is 0 Å². The number of nitrogens with one attached hydrogen (secondary N) is 1. The average molecular weight is 350 g/mol. The molecule has 0 amide bonds. The molecule has 3 aromatic rings. The summed E-state index contributed by atoms with van der Waals surface area (Å²) in [6.45, 7) is 3.59. The van der Waals surface area contributed by atoms with Crippen molar-refractivity contribution < 1.29 is 9.53 Å². The molecule has 6 nitrogen and oxygen atoms in total. The number of hydrogen-bond donors (Lipinski definition) is 1. The highest BCUT2D eigenvalue weighted by molar-refractivity contribution is 5.90. The van der Waals surface area contributed by atoms with Gasteiger partial charge in [-0.25, -0.2) is 9.97 Å². The average Bonchev–Trinajstić information content (AvgIpc) is 3.07. The second-order valence-electron chi connectivity index (χ2n) is 6.74. The van der Waals surface area contributed by atoms with Gasteiger partial charge in [0.1, 0.15) is 11.5 Å². The number of H-pyrrole nitrogens is 1. The Balaban J connectivity index is 1.71. The van der Waals surface area contributed by atoms with Gasteiger partial charge in [0.15, 0.2) is 5.82 Å². The number of ether oxygens (including phenoxy) is 1. The molecule has 1 saturated heterocycles. The molecule has 134 valence electrons. The standard InChI is InChI=1S/C20H22N4O2/c1-13-12-16-18(21-13)22-17(14-6-4-3-5-7-14)23-19(16)24-10-8-15(9-11-24)20(25)26-2/h3-7,12,15H,8-11H2,1-2H3,(H,21,22,23). The Hall–Kier alpha value is -2.89. The minimum atomic E-state index is -0.111. The van der Waals surface area contributed by atoms with E-state index in [9.17, 15) is 4.79 Å². The fraction of sp³-hybridized carbons (Fsp3) is 0.350. The zero-order valence-corrected chi connectivity index (χ0v) is 15.0. The van der Waals surface area contributed by atoms with Gasteiger partial charge in [-0.1, -0.05) is 30.3 Å². The van der Waals surface area contributed by atoms with Gasteiger partial charge in [-0.3, -0.25) is 4.79 Å². The smallest absolute Gasteiger partial charge is 0.308 e. The van der Waals surface area contributed by atoms with Crippen molar-refractivity contribution in [1.82, 2.24) is 15.0 Å². The zero-order chi connectivity index (χ0) is 18.1. The molecule has 0 bridgehead atoms. The van der Waals surface area contributed by atoms with Crippen LogP contribution in [0.15, 0.2) is 36.4 Å². The number of nitrogens with zero attached hydrogens (tertiary/aromatic N) is 3. The van der Waals surface area contributed by atoms with Crippen LogP contribution in [0.3, 0.4) is 0 Å². The number of fused-ring (bicyclic) bond motifs is 1. The molecule has 26 heavy (non-hydrogen) atoms. The second kappa shape index (κ2) is 6.78. The van der Waals surface area contributed by atoms with Crippen LogP contribution in [0, 0.1) is 12.8 Å². The number of aryl methyl sites for hydroxylation is 1. The third kappa shape index (κ3) is 3.03. The molecule has 1 aromatic carbocycles. The predicted molar refractivity (Wildman–Crippen MR) is 101 cm³/mol. The first-order valence-corrected chi connectivity index (χ1v) is 8.91. The van der Waals surface area contributed by atoms with Crippen LogP contribution in [0.25, 0.3) is 22.4 Å². The molecule has 1 N–H and O–H groups in total. The van der Waals surface area contributed by atoms with Gasteiger partial charge in [0.2, 0.25) is 0 Å². The number of aromatic amines is 1. The van der Waals surface area contributed by atoms with Crippen LogP contribution >= 0.6 is 0 Å². The zero-order valence-electron chi connectivity index (χ0n) is 15.0. The molecule has 0 unspecified atom stereocenters. The predicted octanol–water partition coefficient (Wildman–Crippen LogP) is 3.32. The van der Waals surface area contributed by atoms with E-state index in [2.05, 4.69) is 16.0 Å². The van der Waals surface area contributed by atoms with E-state index in [1.54, 1.807) is 0 Å². The first-order chi connectivity index (χ1) is 12.7. The fourth-order valence-corrected chi connectivity index (χ4v) is 3.58. The van der Waals surface area contributed by atoms with Crippen molar-refractivity contribution in [3.05, 3.63) is 42.1 Å². The number of carbonyl (C=O) groups is 1. The molecule has 3 heterocycles. The summed E-state index contributed by atoms with van der Waals surface area (Å²) in [4.78, 5) is 27.0. The molecule has 4 rings (SSSR count). The number of aromatic nitrogens is 3. The van der Waals surface area contributed by atoms with Gasteiger partial charge in [0, 0.05) is 24.3 Å². The monoisotopic (exact) mass is 350 g/mol. The van der Waals surface area contributed by atoms with Gasteiger partial charge in [-0.15, -0.1) is 0 Å². The summed E-state index contributed by atoms with van der Waals surface area (Å²) in [5.41, 5.74) is 2.90. The van der Waals surface area contributed by atoms with Crippen molar-refractivity contribution in [2.75, 3.05) is 25.1 Å². The van der Waals surface area contributed by atoms with E-state index >= 15 is 0 Å². The van der Waals surface area contributed by atoms with Crippen molar-refractivity contribution in [1.29, 1.82) is 0 Å². The van der Waals surface area contributed by atoms with Crippen molar-refractivity contribution in [2.24, 2.45) is 5.92 Å². The first kappa shape index (κ1) is 16.6. The number of esters is 1. The number of anilines is 1. The van der Waals surface area contributed by atoms with Gasteiger partial charge in [-0.2, -0.15) is 0 Å². The lowest BCUT2D eigenvalue weighted by molar-refractivity contribution is -0.146. The summed E-state index contributed by atoms with van der Waals surface area (Å²) in [5.74, 6) is 1.52. The topological polar surface area (TPSA) is 71.1 Å². The molecule has 2 aromatic heterocycles. The summed E-state index contributed by atoms with van der Waals surface area (Å²) in [6.07, 6.45) is 1.56. The van der Waals surface area contributed by atoms with Crippen LogP contribution in [0.5, 0.6) is 0 Å². The molecular formula is C20H22N4O2. The van der Waals surface area contributed by atoms with E-state index in [1.165, 1.54) is 7.11 Å². The van der Waals surface area contributed by atoms with E-state index in [-0.39, 0.29) is 11.9 Å². The molecule has 0 aliphatic carbocycles. The lowest BCUT2D eigenvalue weighted by atomic mass is 9.97. The van der Waals surface area contributed by atoms with E-state index < -0.39 is 0 Å². The molecule has 1 aliphatic heterocycles. The minimum Gasteiger partial charge on any atom is -0.469 e. The van der Waals surface area contributed by atoms with Crippen LogP contribution in [0.4, 0.5) is 5.82 Å². The highest BCUT2D eigenvalue weighted by atomic mass is 16.5. The highest BCUT2D eigenvalue weighted by Crippen LogP contribution is 2.31. The Kier molecular flexibility index (Phi) is 4.32. The second-order valence-corrected chi connectivity index (χ2v) is 6.74. The summed E-state index contributed by atoms with van der Waals surface area (Å²) in [6, 6.07) is 12.1. The van der Waals surface area contributed by atoms with E-state index in [0.29, 0.717) is 5.82 Å². The summed E-state index contributed by atoms with van der Waals surface area (Å²) in [5, 5.41) is 1.03. The van der Waals surface area contributed by atoms with Crippen molar-refractivity contribution in [3.8, 4) is 11.4 Å². The maximum atomic E-state index is 11.8. The number of methoxy groups -OCH3 is 1. The third-order valence-electron chi connectivity index (χ3n) is 4.96. The van der Waals surface area contributed by atoms with E-state index in [1.807, 2.05) is 37.3 Å². The molecular weight excluding hydrogens is 328 g/mol. The van der Waals surface area contributed by atoms with Crippen LogP contribution in [-0.4, -0.2) is 41.1 Å². The van der Waals surface area contributed by atoms with Crippen LogP contribution < -0.4 is 4.90 Å². The molecule has 0 spiro atoms. The van der Waals surface area contributed by atoms with Crippen molar-refractivity contribution in [2.45, 2.75) is 19.8 Å². The van der Waals surface area contributed by atoms with Crippen molar-refractivity contribution >= 4 is 22.8 Å². The van der Waals surface area contributed by atoms with Crippen LogP contribution in [-0.2, 0) is 9.53 Å². The Bertz CT molecular complexity index is 928. The van der Waals surface area contributed by atoms with Crippen molar-refractivity contribution in [3.63, 3.8) is 0 Å². The van der Waals surface area contributed by atoms with Crippen LogP contribution in [0.2, 0.25) is 0 Å². The van der Waals surface area contributed by atoms with Gasteiger partial charge in [-0.05, 0) is 25.8 Å². The maximum Gasteiger partial charge on any atom is 0.308 e. The lowest BCUT2D eigenvalue weighted by Crippen LogP contribution is -2.37. The Labute approximate surface area is 152 Å². The van der Waals surface area contributed by atoms with E-state index in [4.69, 9.17) is 14.7 Å². The molecule has 0 radical (unpaired) electrons. The number of hydrogen-bond acceptors (Lipinski definition) is 5. The molecule has 0 saturated carbocycles. The Morgan fingerprint density at radius 3 is 2.62 bits per heavy atom. The number of rotatable bonds is 3. The van der Waals surface area contributed by atoms with Gasteiger partial charge >= 0.3 is 5.97 Å². The largest absolute Gasteiger partial charge is 0.469 e. The fourth-order valence-electron chi connectivity index (χ4n) is 3.58. The number of piperidine rings is 1. The number of benzene rings is 1.